The molecule has 0 radical (unpaired) electrons. The van der Waals surface area contributed by atoms with Crippen molar-refractivity contribution in [3.8, 4) is 0 Å². The molecule has 7 nitrogen and oxygen atoms in total. The van der Waals surface area contributed by atoms with Crippen molar-refractivity contribution >= 4 is 28.0 Å². The molecule has 4 rings (SSSR count). The van der Waals surface area contributed by atoms with E-state index >= 15 is 0 Å². The average molecular weight is 565 g/mol. The van der Waals surface area contributed by atoms with E-state index in [0.717, 1.165) is 23.6 Å². The lowest BCUT2D eigenvalue weighted by atomic mass is 9.77. The highest BCUT2D eigenvalue weighted by Crippen LogP contribution is 2.40. The van der Waals surface area contributed by atoms with Crippen molar-refractivity contribution in [3.63, 3.8) is 0 Å². The molecule has 1 amide bonds. The van der Waals surface area contributed by atoms with Crippen LogP contribution in [0.4, 0.5) is 13.2 Å². The summed E-state index contributed by atoms with van der Waals surface area (Å²) >= 11 is -2.19. The van der Waals surface area contributed by atoms with Gasteiger partial charge in [0.1, 0.15) is 11.3 Å². The van der Waals surface area contributed by atoms with Gasteiger partial charge in [-0.3, -0.25) is 4.79 Å². The van der Waals surface area contributed by atoms with Gasteiger partial charge >= 0.3 is 6.18 Å². The molecule has 2 unspecified atom stereocenters. The van der Waals surface area contributed by atoms with Crippen LogP contribution in [0.15, 0.2) is 42.5 Å². The predicted octanol–water partition coefficient (Wildman–Crippen LogP) is 5.39. The fraction of sp³-hybridized carbons (Fsp3) is 0.500. The van der Waals surface area contributed by atoms with Crippen LogP contribution in [-0.2, 0) is 28.5 Å². The summed E-state index contributed by atoms with van der Waals surface area (Å²) in [7, 11) is 2.04. The number of fused-ring (bicyclic) bond motifs is 1. The van der Waals surface area contributed by atoms with E-state index in [1.165, 1.54) is 12.1 Å². The molecule has 212 valence electrons. The Kier molecular flexibility index (Phi) is 8.82. The number of halogens is 3. The van der Waals surface area contributed by atoms with Crippen LogP contribution in [0.1, 0.15) is 60.9 Å². The summed E-state index contributed by atoms with van der Waals surface area (Å²) in [5.41, 5.74) is 0.889. The van der Waals surface area contributed by atoms with E-state index < -0.39 is 34.0 Å². The first kappa shape index (κ1) is 29.2. The normalized spacial score (nSPS) is 21.8. The van der Waals surface area contributed by atoms with E-state index in [4.69, 9.17) is 0 Å². The largest absolute Gasteiger partial charge is 0.418 e. The second-order valence-electron chi connectivity index (χ2n) is 10.7. The Morgan fingerprint density at radius 1 is 1.21 bits per heavy atom. The zero-order valence-electron chi connectivity index (χ0n) is 22.5. The third-order valence-corrected chi connectivity index (χ3v) is 8.87. The second-order valence-corrected chi connectivity index (χ2v) is 11.8. The number of nitrogens with zero attached hydrogens (tertiary/aromatic N) is 2. The molecular weight excluding hydrogens is 529 g/mol. The summed E-state index contributed by atoms with van der Waals surface area (Å²) in [5.74, 6) is -0.598. The molecule has 1 saturated carbocycles. The van der Waals surface area contributed by atoms with Crippen LogP contribution in [-0.4, -0.2) is 54.7 Å². The molecule has 0 bridgehead atoms. The third kappa shape index (κ3) is 6.70. The number of benzene rings is 2. The molecule has 1 aliphatic rings. The molecule has 1 aliphatic carbocycles. The fourth-order valence-corrected chi connectivity index (χ4v) is 6.55. The number of H-pyrrole nitrogens is 1. The van der Waals surface area contributed by atoms with Gasteiger partial charge in [-0.25, -0.2) is 9.19 Å². The lowest BCUT2D eigenvalue weighted by Gasteiger charge is -2.43. The number of alkyl halides is 3. The van der Waals surface area contributed by atoms with Crippen LogP contribution in [0.5, 0.6) is 0 Å². The Morgan fingerprint density at radius 3 is 2.51 bits per heavy atom. The Balaban J connectivity index is 1.58. The van der Waals surface area contributed by atoms with Crippen molar-refractivity contribution in [2.24, 2.45) is 5.92 Å². The topological polar surface area (TPSA) is 98.3 Å². The minimum absolute atomic E-state index is 0.129. The molecule has 2 aromatic carbocycles. The maximum atomic E-state index is 13.4. The summed E-state index contributed by atoms with van der Waals surface area (Å²) in [6.45, 7) is 6.14. The van der Waals surface area contributed by atoms with Crippen LogP contribution in [0, 0.1) is 12.8 Å². The molecule has 0 spiro atoms. The van der Waals surface area contributed by atoms with Gasteiger partial charge in [0.25, 0.3) is 0 Å². The van der Waals surface area contributed by atoms with E-state index in [1.807, 2.05) is 38.2 Å². The highest BCUT2D eigenvalue weighted by Gasteiger charge is 2.41. The monoisotopic (exact) mass is 564 g/mol. The van der Waals surface area contributed by atoms with Crippen molar-refractivity contribution in [3.05, 3.63) is 65.0 Å². The van der Waals surface area contributed by atoms with Gasteiger partial charge in [-0.15, -0.1) is 0 Å². The number of nitrogens with one attached hydrogen (secondary N) is 2. The minimum Gasteiger partial charge on any atom is -0.353 e. The van der Waals surface area contributed by atoms with Gasteiger partial charge in [0.2, 0.25) is 5.91 Å². The Hall–Kier alpha value is -2.76. The molecule has 3 N–H and O–H groups in total. The molecule has 0 aliphatic heterocycles. The first-order valence-corrected chi connectivity index (χ1v) is 14.2. The Bertz CT molecular complexity index is 1330. The van der Waals surface area contributed by atoms with E-state index in [-0.39, 0.29) is 47.3 Å². The summed E-state index contributed by atoms with van der Waals surface area (Å²) in [5, 5.41) is 2.32. The number of carbonyl (C=O) groups is 1. The Morgan fingerprint density at radius 2 is 1.90 bits per heavy atom. The number of carbonyl (C=O) groups excluding carboxylic acids is 1. The maximum Gasteiger partial charge on any atom is 0.418 e. The first-order chi connectivity index (χ1) is 18.3. The molecule has 5 atom stereocenters. The maximum absolute atomic E-state index is 13.4. The predicted molar refractivity (Wildman–Crippen MR) is 145 cm³/mol. The highest BCUT2D eigenvalue weighted by molar-refractivity contribution is 7.79. The quantitative estimate of drug-likeness (QED) is 0.319. The molecule has 39 heavy (non-hydrogen) atoms. The van der Waals surface area contributed by atoms with E-state index in [0.29, 0.717) is 12.8 Å². The van der Waals surface area contributed by atoms with Gasteiger partial charge in [0, 0.05) is 24.0 Å². The molecule has 1 aromatic heterocycles. The molecule has 11 heteroatoms. The number of rotatable bonds is 8. The zero-order valence-corrected chi connectivity index (χ0v) is 23.3. The van der Waals surface area contributed by atoms with Crippen LogP contribution in [0.3, 0.4) is 0 Å². The molecule has 1 fully saturated rings. The molecule has 0 saturated heterocycles. The van der Waals surface area contributed by atoms with Crippen molar-refractivity contribution in [2.45, 2.75) is 76.0 Å². The highest BCUT2D eigenvalue weighted by atomic mass is 32.2. The van der Waals surface area contributed by atoms with Crippen LogP contribution < -0.4 is 5.32 Å². The lowest BCUT2D eigenvalue weighted by Crippen LogP contribution is -2.51. The average Bonchev–Trinajstić information content (AvgIpc) is 3.27. The number of aryl methyl sites for hydroxylation is 1. The summed E-state index contributed by atoms with van der Waals surface area (Å²) < 4.78 is 63.3. The number of aromatic amines is 1. The lowest BCUT2D eigenvalue weighted by molar-refractivity contribution is -0.136. The van der Waals surface area contributed by atoms with E-state index in [1.54, 1.807) is 0 Å². The number of hydrogen-bond donors (Lipinski definition) is 3. The van der Waals surface area contributed by atoms with Gasteiger partial charge in [0.05, 0.1) is 22.8 Å². The van der Waals surface area contributed by atoms with E-state index in [2.05, 4.69) is 34.0 Å². The van der Waals surface area contributed by atoms with Crippen molar-refractivity contribution < 1.29 is 26.7 Å². The number of aromatic nitrogens is 2. The second kappa shape index (κ2) is 11.8. The van der Waals surface area contributed by atoms with Crippen molar-refractivity contribution in [1.29, 1.82) is 0 Å². The van der Waals surface area contributed by atoms with Crippen LogP contribution >= 0.6 is 0 Å². The number of imidazole rings is 1. The van der Waals surface area contributed by atoms with Crippen molar-refractivity contribution in [2.75, 3.05) is 7.05 Å². The Labute approximate surface area is 228 Å². The molecule has 3 aromatic rings. The first-order valence-electron chi connectivity index (χ1n) is 13.1. The number of amides is 1. The third-order valence-electron chi connectivity index (χ3n) is 7.82. The summed E-state index contributed by atoms with van der Waals surface area (Å²) in [6, 6.07) is 11.3. The number of hydrogen-bond acceptors (Lipinski definition) is 4. The van der Waals surface area contributed by atoms with Gasteiger partial charge in [-0.2, -0.15) is 13.2 Å². The smallest absolute Gasteiger partial charge is 0.353 e. The minimum atomic E-state index is -4.56. The van der Waals surface area contributed by atoms with Gasteiger partial charge in [-0.1, -0.05) is 35.9 Å². The van der Waals surface area contributed by atoms with E-state index in [9.17, 15) is 26.7 Å². The standard InChI is InChI=1S/C28H35F3N4O3S/c1-16(2)35(4)19-12-13-22(20(14-19)27(39(37)38)18-10-8-17(3)9-11-18)33-25(36)15-24-32-23-7-5-6-21(26(23)34-24)28(29,30)31/h5-11,16,19-20,22,27H,12-15H2,1-4H3,(H,32,34)(H,33,36)(H,37,38)/t19-,20+,22+,27?/m1/s1. The zero-order chi connectivity index (χ0) is 28.5. The van der Waals surface area contributed by atoms with Crippen molar-refractivity contribution in [1.82, 2.24) is 20.2 Å². The van der Waals surface area contributed by atoms with Crippen LogP contribution in [0.25, 0.3) is 11.0 Å². The SMILES string of the molecule is Cc1ccc(C([C@H]2C[C@H](N(C)C(C)C)CC[C@@H]2NC(=O)Cc2nc3c(C(F)(F)F)cccc3[nH]2)S(=O)O)cc1. The number of para-hydroxylation sites is 1. The van der Waals surface area contributed by atoms with Gasteiger partial charge in [0.15, 0.2) is 11.1 Å². The summed E-state index contributed by atoms with van der Waals surface area (Å²) in [4.78, 5) is 22.3. The van der Waals surface area contributed by atoms with Crippen LogP contribution in [0.2, 0.25) is 0 Å². The summed E-state index contributed by atoms with van der Waals surface area (Å²) in [6.07, 6.45) is -2.77. The molecular formula is C28H35F3N4O3S. The van der Waals surface area contributed by atoms with Gasteiger partial charge in [-0.05, 0) is 64.8 Å². The van der Waals surface area contributed by atoms with Gasteiger partial charge < -0.3 is 19.8 Å². The fourth-order valence-electron chi connectivity index (χ4n) is 5.56. The molecule has 1 heterocycles.